The Morgan fingerprint density at radius 1 is 1.00 bits per heavy atom. The third-order valence-corrected chi connectivity index (χ3v) is 4.55. The van der Waals surface area contributed by atoms with Crippen LogP contribution in [0.1, 0.15) is 39.5 Å². The maximum atomic E-state index is 8.88. The van der Waals surface area contributed by atoms with Crippen molar-refractivity contribution in [2.75, 3.05) is 32.6 Å². The summed E-state index contributed by atoms with van der Waals surface area (Å²) < 4.78 is 23.2. The molecule has 7 N–H and O–H groups in total. The molecule has 0 bridgehead atoms. The lowest BCUT2D eigenvalue weighted by molar-refractivity contribution is 0.267. The van der Waals surface area contributed by atoms with Crippen LogP contribution in [0.4, 0.5) is 5.69 Å². The predicted octanol–water partition coefficient (Wildman–Crippen LogP) is 2.70. The summed E-state index contributed by atoms with van der Waals surface area (Å²) in [5.41, 5.74) is 2.07. The molecule has 1 heterocycles. The first-order valence-electron chi connectivity index (χ1n) is 10.5. The molecular formula is C20H37N3O9P2. The van der Waals surface area contributed by atoms with Crippen molar-refractivity contribution in [3.05, 3.63) is 30.5 Å². The van der Waals surface area contributed by atoms with Crippen molar-refractivity contribution < 1.29 is 43.2 Å². The van der Waals surface area contributed by atoms with Crippen LogP contribution in [0.2, 0.25) is 0 Å². The molecular weight excluding hydrogens is 488 g/mol. The molecule has 0 unspecified atom stereocenters. The number of nitrogens with zero attached hydrogens (tertiary/aromatic N) is 2. The zero-order chi connectivity index (χ0) is 26.4. The number of benzene rings is 1. The van der Waals surface area contributed by atoms with Gasteiger partial charge in [0.1, 0.15) is 5.75 Å². The molecule has 0 spiro atoms. The van der Waals surface area contributed by atoms with Gasteiger partial charge >= 0.3 is 15.6 Å². The van der Waals surface area contributed by atoms with Gasteiger partial charge in [-0.3, -0.25) is 4.98 Å². The fourth-order valence-corrected chi connectivity index (χ4v) is 2.74. The quantitative estimate of drug-likeness (QED) is 0.177. The van der Waals surface area contributed by atoms with Gasteiger partial charge in [0.25, 0.3) is 0 Å². The van der Waals surface area contributed by atoms with E-state index in [1.165, 1.54) is 32.2 Å². The van der Waals surface area contributed by atoms with Gasteiger partial charge in [0.15, 0.2) is 0 Å². The number of pyridine rings is 1. The molecule has 0 fully saturated rings. The molecule has 0 amide bonds. The summed E-state index contributed by atoms with van der Waals surface area (Å²) in [4.78, 5) is 50.0. The zero-order valence-corrected chi connectivity index (χ0v) is 21.7. The number of unbranched alkanes of at least 4 members (excludes halogenated alkanes) is 3. The molecule has 0 aliphatic rings. The lowest BCUT2D eigenvalue weighted by Crippen LogP contribution is -2.27. The zero-order valence-electron chi connectivity index (χ0n) is 19.9. The highest BCUT2D eigenvalue weighted by molar-refractivity contribution is 7.45. The summed E-state index contributed by atoms with van der Waals surface area (Å²) in [6, 6.07) is 8.73. The van der Waals surface area contributed by atoms with E-state index in [0.29, 0.717) is 6.04 Å². The highest BCUT2D eigenvalue weighted by Crippen LogP contribution is 2.28. The SMILES string of the molecule is COc1cc(NCCCCCCN(C)C(C)C)c2ncccc2c1.O=P(O)(O)O.O=P(O)(O)O. The summed E-state index contributed by atoms with van der Waals surface area (Å²) in [6.07, 6.45) is 6.84. The van der Waals surface area contributed by atoms with Gasteiger partial charge in [-0.2, -0.15) is 0 Å². The smallest absolute Gasteiger partial charge is 0.466 e. The van der Waals surface area contributed by atoms with Gasteiger partial charge in [0.05, 0.1) is 18.3 Å². The summed E-state index contributed by atoms with van der Waals surface area (Å²) in [5.74, 6) is 0.870. The normalized spacial score (nSPS) is 11.5. The van der Waals surface area contributed by atoms with Crippen molar-refractivity contribution in [3.8, 4) is 5.75 Å². The van der Waals surface area contributed by atoms with Gasteiger partial charge in [-0.15, -0.1) is 0 Å². The van der Waals surface area contributed by atoms with Crippen molar-refractivity contribution in [3.63, 3.8) is 0 Å². The average Bonchev–Trinajstić information content (AvgIpc) is 2.70. The second kappa shape index (κ2) is 16.1. The van der Waals surface area contributed by atoms with Gasteiger partial charge in [-0.1, -0.05) is 18.9 Å². The van der Waals surface area contributed by atoms with E-state index >= 15 is 0 Å². The molecule has 12 nitrogen and oxygen atoms in total. The topological polar surface area (TPSA) is 193 Å². The molecule has 1 aromatic carbocycles. The third kappa shape index (κ3) is 18.8. The molecule has 0 radical (unpaired) electrons. The van der Waals surface area contributed by atoms with Gasteiger partial charge in [0, 0.05) is 30.2 Å². The van der Waals surface area contributed by atoms with Crippen molar-refractivity contribution in [2.24, 2.45) is 0 Å². The molecule has 0 aliphatic carbocycles. The molecule has 34 heavy (non-hydrogen) atoms. The van der Waals surface area contributed by atoms with E-state index in [2.05, 4.69) is 42.2 Å². The highest BCUT2D eigenvalue weighted by atomic mass is 31.2. The minimum absolute atomic E-state index is 0.639. The number of hydrogen-bond acceptors (Lipinski definition) is 6. The number of aromatic nitrogens is 1. The fraction of sp³-hybridized carbons (Fsp3) is 0.550. The molecule has 0 atom stereocenters. The molecule has 14 heteroatoms. The fourth-order valence-electron chi connectivity index (χ4n) is 2.74. The summed E-state index contributed by atoms with van der Waals surface area (Å²) in [7, 11) is -5.37. The number of fused-ring (bicyclic) bond motifs is 1. The molecule has 2 aromatic rings. The number of phosphoric acid groups is 2. The van der Waals surface area contributed by atoms with Crippen molar-refractivity contribution >= 4 is 32.2 Å². The van der Waals surface area contributed by atoms with E-state index in [1.54, 1.807) is 7.11 Å². The van der Waals surface area contributed by atoms with Crippen LogP contribution in [-0.2, 0) is 9.13 Å². The Kier molecular flexibility index (Phi) is 15.4. The third-order valence-electron chi connectivity index (χ3n) is 4.55. The van der Waals surface area contributed by atoms with E-state index in [0.717, 1.165) is 28.9 Å². The maximum Gasteiger partial charge on any atom is 0.466 e. The van der Waals surface area contributed by atoms with Gasteiger partial charge in [-0.05, 0) is 52.4 Å². The molecule has 0 aliphatic heterocycles. The van der Waals surface area contributed by atoms with Crippen molar-refractivity contribution in [2.45, 2.75) is 45.6 Å². The van der Waals surface area contributed by atoms with E-state index in [-0.39, 0.29) is 0 Å². The summed E-state index contributed by atoms with van der Waals surface area (Å²) in [6.45, 7) is 6.65. The highest BCUT2D eigenvalue weighted by Gasteiger charge is 2.06. The Hall–Kier alpha value is -1.59. The second-order valence-electron chi connectivity index (χ2n) is 7.69. The average molecular weight is 525 g/mol. The number of anilines is 1. The lowest BCUT2D eigenvalue weighted by Gasteiger charge is -2.20. The number of methoxy groups -OCH3 is 1. The van der Waals surface area contributed by atoms with Crippen molar-refractivity contribution in [1.29, 1.82) is 0 Å². The number of ether oxygens (including phenoxy) is 1. The minimum Gasteiger partial charge on any atom is -0.497 e. The first kappa shape index (κ1) is 32.4. The van der Waals surface area contributed by atoms with Crippen LogP contribution in [0.3, 0.4) is 0 Å². The standard InChI is InChI=1S/C20H31N3O.2H3O4P/c1-16(2)23(3)13-8-6-5-7-11-21-19-15-18(24-4)14-17-10-9-12-22-20(17)19;2*1-5(2,3)4/h9-10,12,14-16,21H,5-8,11,13H2,1-4H3;2*(H3,1,2,3,4). The monoisotopic (exact) mass is 525 g/mol. The van der Waals surface area contributed by atoms with Gasteiger partial charge < -0.3 is 44.3 Å². The van der Waals surface area contributed by atoms with E-state index < -0.39 is 15.6 Å². The molecule has 0 saturated carbocycles. The Bertz CT molecular complexity index is 898. The maximum absolute atomic E-state index is 8.88. The van der Waals surface area contributed by atoms with Crippen LogP contribution in [0.15, 0.2) is 30.5 Å². The van der Waals surface area contributed by atoms with Gasteiger partial charge in [0.2, 0.25) is 0 Å². The van der Waals surface area contributed by atoms with E-state index in [1.807, 2.05) is 24.4 Å². The Labute approximate surface area is 200 Å². The first-order chi connectivity index (χ1) is 15.6. The number of nitrogens with one attached hydrogen (secondary N) is 1. The van der Waals surface area contributed by atoms with Crippen LogP contribution >= 0.6 is 15.6 Å². The van der Waals surface area contributed by atoms with Crippen LogP contribution in [0.5, 0.6) is 5.75 Å². The second-order valence-corrected chi connectivity index (χ2v) is 9.75. The largest absolute Gasteiger partial charge is 0.497 e. The van der Waals surface area contributed by atoms with Crippen LogP contribution in [0, 0.1) is 0 Å². The molecule has 0 saturated heterocycles. The number of rotatable bonds is 10. The first-order valence-corrected chi connectivity index (χ1v) is 13.7. The van der Waals surface area contributed by atoms with Gasteiger partial charge in [-0.25, -0.2) is 9.13 Å². The van der Waals surface area contributed by atoms with Crippen LogP contribution in [0.25, 0.3) is 10.9 Å². The van der Waals surface area contributed by atoms with E-state index in [4.69, 9.17) is 43.2 Å². The Morgan fingerprint density at radius 2 is 1.56 bits per heavy atom. The van der Waals surface area contributed by atoms with Crippen molar-refractivity contribution in [1.82, 2.24) is 9.88 Å². The van der Waals surface area contributed by atoms with Crippen LogP contribution in [-0.4, -0.2) is 72.5 Å². The van der Waals surface area contributed by atoms with E-state index in [9.17, 15) is 0 Å². The Balaban J connectivity index is 0.000000916. The van der Waals surface area contributed by atoms with Crippen LogP contribution < -0.4 is 10.1 Å². The molecule has 196 valence electrons. The minimum atomic E-state index is -4.64. The lowest BCUT2D eigenvalue weighted by atomic mass is 10.1. The number of hydrogen-bond donors (Lipinski definition) is 7. The predicted molar refractivity (Wildman–Crippen MR) is 132 cm³/mol. The molecule has 2 rings (SSSR count). The molecule has 1 aromatic heterocycles. The summed E-state index contributed by atoms with van der Waals surface area (Å²) in [5, 5.41) is 4.63. The summed E-state index contributed by atoms with van der Waals surface area (Å²) >= 11 is 0. The Morgan fingerprint density at radius 3 is 2.09 bits per heavy atom.